The van der Waals surface area contributed by atoms with Gasteiger partial charge in [0.2, 0.25) is 5.91 Å². The van der Waals surface area contributed by atoms with Gasteiger partial charge >= 0.3 is 0 Å². The van der Waals surface area contributed by atoms with E-state index in [9.17, 15) is 4.79 Å². The zero-order valence-corrected chi connectivity index (χ0v) is 14.3. The smallest absolute Gasteiger partial charge is 0.225 e. The number of benzene rings is 1. The molecule has 0 aliphatic carbocycles. The Labute approximate surface area is 142 Å². The molecule has 120 valence electrons. The maximum absolute atomic E-state index is 12.7. The molecule has 2 atom stereocenters. The molecule has 0 aromatic heterocycles. The van der Waals surface area contributed by atoms with E-state index >= 15 is 0 Å². The molecule has 3 nitrogen and oxygen atoms in total. The van der Waals surface area contributed by atoms with Crippen LogP contribution in [-0.2, 0) is 4.79 Å². The number of nitrogens with one attached hydrogen (secondary N) is 1. The highest BCUT2D eigenvalue weighted by molar-refractivity contribution is 6.42. The summed E-state index contributed by atoms with van der Waals surface area (Å²) in [6, 6.07) is 5.83. The van der Waals surface area contributed by atoms with Crippen molar-refractivity contribution in [2.45, 2.75) is 25.7 Å². The Balaban J connectivity index is 1.70. The van der Waals surface area contributed by atoms with Crippen LogP contribution in [-0.4, -0.2) is 37.0 Å². The number of likely N-dealkylation sites (tertiary alicyclic amines) is 1. The molecule has 2 aliphatic rings. The number of carbonyl (C=O) groups is 1. The Bertz CT molecular complexity index is 558. The van der Waals surface area contributed by atoms with Crippen LogP contribution in [0.25, 0.3) is 0 Å². The van der Waals surface area contributed by atoms with Crippen molar-refractivity contribution >= 4 is 29.1 Å². The van der Waals surface area contributed by atoms with Crippen LogP contribution >= 0.6 is 23.2 Å². The summed E-state index contributed by atoms with van der Waals surface area (Å²) in [4.78, 5) is 14.7. The van der Waals surface area contributed by atoms with Crippen LogP contribution in [0.15, 0.2) is 18.2 Å². The first-order valence-corrected chi connectivity index (χ1v) is 8.76. The van der Waals surface area contributed by atoms with Crippen molar-refractivity contribution in [1.82, 2.24) is 10.2 Å². The summed E-state index contributed by atoms with van der Waals surface area (Å²) < 4.78 is 0. The van der Waals surface area contributed by atoms with Crippen LogP contribution in [0.1, 0.15) is 31.2 Å². The molecule has 1 amide bonds. The van der Waals surface area contributed by atoms with Crippen LogP contribution < -0.4 is 5.32 Å². The summed E-state index contributed by atoms with van der Waals surface area (Å²) >= 11 is 12.1. The molecule has 0 radical (unpaired) electrons. The SMILES string of the molecule is C[C@H]1CN(C(=O)C2CCNCC2)C[C@@H]1c1ccc(Cl)c(Cl)c1. The van der Waals surface area contributed by atoms with Crippen molar-refractivity contribution in [3.63, 3.8) is 0 Å². The lowest BCUT2D eigenvalue weighted by atomic mass is 9.90. The quantitative estimate of drug-likeness (QED) is 0.892. The first-order valence-electron chi connectivity index (χ1n) is 8.00. The molecule has 0 spiro atoms. The summed E-state index contributed by atoms with van der Waals surface area (Å²) in [6.07, 6.45) is 1.92. The van der Waals surface area contributed by atoms with Gasteiger partial charge in [0.15, 0.2) is 0 Å². The first-order chi connectivity index (χ1) is 10.6. The maximum Gasteiger partial charge on any atom is 0.225 e. The minimum atomic E-state index is 0.195. The van der Waals surface area contributed by atoms with E-state index in [1.54, 1.807) is 0 Å². The summed E-state index contributed by atoms with van der Waals surface area (Å²) in [6.45, 7) is 5.75. The van der Waals surface area contributed by atoms with Crippen molar-refractivity contribution in [3.05, 3.63) is 33.8 Å². The number of rotatable bonds is 2. The molecule has 2 fully saturated rings. The average Bonchev–Trinajstić information content (AvgIpc) is 2.92. The largest absolute Gasteiger partial charge is 0.342 e. The van der Waals surface area contributed by atoms with Gasteiger partial charge in [-0.05, 0) is 49.5 Å². The van der Waals surface area contributed by atoms with E-state index in [1.165, 1.54) is 5.56 Å². The molecule has 1 aromatic carbocycles. The van der Waals surface area contributed by atoms with Crippen LogP contribution in [0.5, 0.6) is 0 Å². The van der Waals surface area contributed by atoms with Crippen LogP contribution in [0, 0.1) is 11.8 Å². The van der Waals surface area contributed by atoms with Gasteiger partial charge in [-0.3, -0.25) is 4.79 Å². The molecule has 2 aliphatic heterocycles. The third-order valence-electron chi connectivity index (χ3n) is 4.98. The summed E-state index contributed by atoms with van der Waals surface area (Å²) in [5, 5.41) is 4.49. The van der Waals surface area contributed by atoms with Crippen molar-refractivity contribution in [2.24, 2.45) is 11.8 Å². The highest BCUT2D eigenvalue weighted by atomic mass is 35.5. The lowest BCUT2D eigenvalue weighted by Gasteiger charge is -2.26. The van der Waals surface area contributed by atoms with Gasteiger partial charge < -0.3 is 10.2 Å². The molecule has 5 heteroatoms. The Kier molecular flexibility index (Phi) is 4.96. The molecule has 0 saturated carbocycles. The number of hydrogen-bond acceptors (Lipinski definition) is 2. The highest BCUT2D eigenvalue weighted by Crippen LogP contribution is 2.36. The van der Waals surface area contributed by atoms with Gasteiger partial charge in [0.05, 0.1) is 10.0 Å². The predicted molar refractivity (Wildman–Crippen MR) is 90.5 cm³/mol. The van der Waals surface area contributed by atoms with Crippen molar-refractivity contribution in [1.29, 1.82) is 0 Å². The van der Waals surface area contributed by atoms with E-state index in [0.717, 1.165) is 39.0 Å². The van der Waals surface area contributed by atoms with E-state index in [4.69, 9.17) is 23.2 Å². The topological polar surface area (TPSA) is 32.3 Å². The monoisotopic (exact) mass is 340 g/mol. The van der Waals surface area contributed by atoms with E-state index in [2.05, 4.69) is 12.2 Å². The maximum atomic E-state index is 12.7. The van der Waals surface area contributed by atoms with E-state index < -0.39 is 0 Å². The third-order valence-corrected chi connectivity index (χ3v) is 5.72. The molecule has 3 rings (SSSR count). The van der Waals surface area contributed by atoms with Crippen molar-refractivity contribution in [2.75, 3.05) is 26.2 Å². The molecule has 1 N–H and O–H groups in total. The lowest BCUT2D eigenvalue weighted by molar-refractivity contribution is -0.135. The number of amides is 1. The van der Waals surface area contributed by atoms with Crippen molar-refractivity contribution in [3.8, 4) is 0 Å². The Morgan fingerprint density at radius 2 is 1.91 bits per heavy atom. The predicted octanol–water partition coefficient (Wildman–Crippen LogP) is 3.55. The lowest BCUT2D eigenvalue weighted by Crippen LogP contribution is -2.40. The normalized spacial score (nSPS) is 26.4. The number of piperidine rings is 1. The highest BCUT2D eigenvalue weighted by Gasteiger charge is 2.36. The molecule has 22 heavy (non-hydrogen) atoms. The molecule has 1 aromatic rings. The van der Waals surface area contributed by atoms with Crippen molar-refractivity contribution < 1.29 is 4.79 Å². The standard InChI is InChI=1S/C17H22Cl2N2O/c1-11-9-21(17(22)12-4-6-20-7-5-12)10-14(11)13-2-3-15(18)16(19)8-13/h2-3,8,11-12,14,20H,4-7,9-10H2,1H3/t11-,14-/m0/s1. The second kappa shape index (κ2) is 6.77. The van der Waals surface area contributed by atoms with Gasteiger partial charge in [-0.2, -0.15) is 0 Å². The summed E-state index contributed by atoms with van der Waals surface area (Å²) in [5.74, 6) is 1.32. The second-order valence-electron chi connectivity index (χ2n) is 6.52. The molecule has 2 saturated heterocycles. The summed E-state index contributed by atoms with van der Waals surface area (Å²) in [5.41, 5.74) is 1.18. The molecular formula is C17H22Cl2N2O. The number of carbonyl (C=O) groups excluding carboxylic acids is 1. The van der Waals surface area contributed by atoms with Gasteiger partial charge in [0.1, 0.15) is 0 Å². The zero-order valence-electron chi connectivity index (χ0n) is 12.8. The average molecular weight is 341 g/mol. The van der Waals surface area contributed by atoms with Gasteiger partial charge in [-0.1, -0.05) is 36.2 Å². The number of hydrogen-bond donors (Lipinski definition) is 1. The Hall–Kier alpha value is -0.770. The van der Waals surface area contributed by atoms with Gasteiger partial charge in [-0.25, -0.2) is 0 Å². The minimum Gasteiger partial charge on any atom is -0.342 e. The fourth-order valence-corrected chi connectivity index (χ4v) is 3.96. The fourth-order valence-electron chi connectivity index (χ4n) is 3.65. The molecule has 0 bridgehead atoms. The number of nitrogens with zero attached hydrogens (tertiary/aromatic N) is 1. The van der Waals surface area contributed by atoms with Gasteiger partial charge in [0, 0.05) is 24.9 Å². The Morgan fingerprint density at radius 1 is 1.18 bits per heavy atom. The first kappa shape index (κ1) is 16.1. The van der Waals surface area contributed by atoms with Gasteiger partial charge in [-0.15, -0.1) is 0 Å². The van der Waals surface area contributed by atoms with E-state index in [0.29, 0.717) is 27.8 Å². The third kappa shape index (κ3) is 3.27. The molecule has 0 unspecified atom stereocenters. The van der Waals surface area contributed by atoms with Crippen LogP contribution in [0.2, 0.25) is 10.0 Å². The molecular weight excluding hydrogens is 319 g/mol. The van der Waals surface area contributed by atoms with E-state index in [-0.39, 0.29) is 5.92 Å². The van der Waals surface area contributed by atoms with Crippen LogP contribution in [0.3, 0.4) is 0 Å². The summed E-state index contributed by atoms with van der Waals surface area (Å²) in [7, 11) is 0. The zero-order chi connectivity index (χ0) is 15.7. The van der Waals surface area contributed by atoms with Gasteiger partial charge in [0.25, 0.3) is 0 Å². The molecule has 2 heterocycles. The minimum absolute atomic E-state index is 0.195. The second-order valence-corrected chi connectivity index (χ2v) is 7.34. The van der Waals surface area contributed by atoms with E-state index in [1.807, 2.05) is 23.1 Å². The number of halogens is 2. The fraction of sp³-hybridized carbons (Fsp3) is 0.588. The van der Waals surface area contributed by atoms with Crippen LogP contribution in [0.4, 0.5) is 0 Å². The Morgan fingerprint density at radius 3 is 2.59 bits per heavy atom.